The fourth-order valence-corrected chi connectivity index (χ4v) is 4.33. The van der Waals surface area contributed by atoms with Gasteiger partial charge in [0.05, 0.1) is 4.88 Å². The molecule has 0 atom stereocenters. The maximum atomic E-state index is 12.4. The number of methoxy groups -OCH3 is 2. The molecule has 0 saturated heterocycles. The molecule has 2 heterocycles. The molecule has 6 heteroatoms. The molecule has 0 aliphatic carbocycles. The fraction of sp³-hybridized carbons (Fsp3) is 0.389. The van der Waals surface area contributed by atoms with Gasteiger partial charge in [-0.15, -0.1) is 11.3 Å². The molecule has 0 fully saturated rings. The normalized spacial score (nSPS) is 13.8. The van der Waals surface area contributed by atoms with Crippen molar-refractivity contribution in [1.29, 1.82) is 0 Å². The maximum absolute atomic E-state index is 12.4. The van der Waals surface area contributed by atoms with Gasteiger partial charge in [-0.05, 0) is 41.8 Å². The predicted octanol–water partition coefficient (Wildman–Crippen LogP) is 4.49. The zero-order valence-electron chi connectivity index (χ0n) is 13.8. The SMILES string of the molecule is COC(OC)c1ccc(-c2ccc3c(c2)CN(CCCI)C3=O)s1. The van der Waals surface area contributed by atoms with Gasteiger partial charge in [0, 0.05) is 42.2 Å². The van der Waals surface area contributed by atoms with Crippen LogP contribution in [-0.4, -0.2) is 36.0 Å². The van der Waals surface area contributed by atoms with Gasteiger partial charge < -0.3 is 14.4 Å². The van der Waals surface area contributed by atoms with Crippen molar-refractivity contribution in [2.75, 3.05) is 25.2 Å². The van der Waals surface area contributed by atoms with Crippen molar-refractivity contribution in [3.8, 4) is 10.4 Å². The number of thiophene rings is 1. The Morgan fingerprint density at radius 3 is 2.75 bits per heavy atom. The van der Waals surface area contributed by atoms with Gasteiger partial charge in [0.1, 0.15) is 0 Å². The number of rotatable bonds is 7. The van der Waals surface area contributed by atoms with Crippen LogP contribution in [0.4, 0.5) is 0 Å². The van der Waals surface area contributed by atoms with Gasteiger partial charge in [-0.25, -0.2) is 0 Å². The van der Waals surface area contributed by atoms with E-state index in [1.54, 1.807) is 25.6 Å². The summed E-state index contributed by atoms with van der Waals surface area (Å²) in [5, 5.41) is 0. The Labute approximate surface area is 159 Å². The van der Waals surface area contributed by atoms with E-state index in [1.165, 1.54) is 0 Å². The van der Waals surface area contributed by atoms with Crippen LogP contribution in [0.1, 0.15) is 33.5 Å². The summed E-state index contributed by atoms with van der Waals surface area (Å²) in [6, 6.07) is 10.2. The number of amides is 1. The lowest BCUT2D eigenvalue weighted by Crippen LogP contribution is -2.25. The first-order chi connectivity index (χ1) is 11.7. The van der Waals surface area contributed by atoms with E-state index < -0.39 is 0 Å². The van der Waals surface area contributed by atoms with Gasteiger partial charge in [-0.1, -0.05) is 28.7 Å². The van der Waals surface area contributed by atoms with Crippen LogP contribution in [0.3, 0.4) is 0 Å². The number of alkyl halides is 1. The lowest BCUT2D eigenvalue weighted by atomic mass is 10.1. The Kier molecular flexibility index (Phi) is 5.91. The van der Waals surface area contributed by atoms with E-state index >= 15 is 0 Å². The van der Waals surface area contributed by atoms with E-state index in [2.05, 4.69) is 34.7 Å². The number of hydrogen-bond acceptors (Lipinski definition) is 4. The van der Waals surface area contributed by atoms with Gasteiger partial charge in [-0.2, -0.15) is 0 Å². The Balaban J connectivity index is 1.82. The third-order valence-corrected chi connectivity index (χ3v) is 6.04. The topological polar surface area (TPSA) is 38.8 Å². The van der Waals surface area contributed by atoms with E-state index in [1.807, 2.05) is 23.1 Å². The third kappa shape index (κ3) is 3.51. The van der Waals surface area contributed by atoms with Crippen molar-refractivity contribution < 1.29 is 14.3 Å². The number of fused-ring (bicyclic) bond motifs is 1. The molecule has 0 spiro atoms. The van der Waals surface area contributed by atoms with E-state index in [9.17, 15) is 4.79 Å². The molecule has 1 aliphatic rings. The van der Waals surface area contributed by atoms with Gasteiger partial charge in [0.2, 0.25) is 0 Å². The lowest BCUT2D eigenvalue weighted by Gasteiger charge is -2.13. The van der Waals surface area contributed by atoms with Crippen molar-refractivity contribution >= 4 is 39.8 Å². The average molecular weight is 457 g/mol. The molecule has 0 saturated carbocycles. The molecule has 128 valence electrons. The fourth-order valence-electron chi connectivity index (χ4n) is 2.93. The molecule has 4 nitrogen and oxygen atoms in total. The van der Waals surface area contributed by atoms with Crippen molar-refractivity contribution in [3.05, 3.63) is 46.3 Å². The second-order valence-electron chi connectivity index (χ2n) is 5.65. The van der Waals surface area contributed by atoms with Gasteiger partial charge in [0.15, 0.2) is 6.29 Å². The molecule has 1 amide bonds. The Morgan fingerprint density at radius 2 is 2.04 bits per heavy atom. The Morgan fingerprint density at radius 1 is 1.25 bits per heavy atom. The zero-order valence-corrected chi connectivity index (χ0v) is 16.7. The van der Waals surface area contributed by atoms with E-state index in [4.69, 9.17) is 9.47 Å². The van der Waals surface area contributed by atoms with Gasteiger partial charge >= 0.3 is 0 Å². The van der Waals surface area contributed by atoms with Crippen LogP contribution < -0.4 is 0 Å². The van der Waals surface area contributed by atoms with Crippen LogP contribution in [-0.2, 0) is 16.0 Å². The number of halogens is 1. The summed E-state index contributed by atoms with van der Waals surface area (Å²) in [6.45, 7) is 1.55. The highest BCUT2D eigenvalue weighted by Gasteiger charge is 2.27. The maximum Gasteiger partial charge on any atom is 0.254 e. The Hall–Kier alpha value is -0.960. The number of ether oxygens (including phenoxy) is 2. The Bertz CT molecular complexity index is 727. The molecule has 24 heavy (non-hydrogen) atoms. The van der Waals surface area contributed by atoms with Crippen LogP contribution in [0, 0.1) is 0 Å². The second kappa shape index (κ2) is 7.95. The van der Waals surface area contributed by atoms with E-state index in [0.717, 1.165) is 50.4 Å². The highest BCUT2D eigenvalue weighted by atomic mass is 127. The summed E-state index contributed by atoms with van der Waals surface area (Å²) in [5.74, 6) is 0.159. The molecule has 0 unspecified atom stereocenters. The van der Waals surface area contributed by atoms with Gasteiger partial charge in [0.25, 0.3) is 5.91 Å². The van der Waals surface area contributed by atoms with Crippen molar-refractivity contribution in [3.63, 3.8) is 0 Å². The van der Waals surface area contributed by atoms with E-state index in [0.29, 0.717) is 0 Å². The lowest BCUT2D eigenvalue weighted by molar-refractivity contribution is -0.103. The minimum Gasteiger partial charge on any atom is -0.351 e. The average Bonchev–Trinajstić information content (AvgIpc) is 3.19. The molecule has 2 aromatic rings. The molecule has 0 radical (unpaired) electrons. The quantitative estimate of drug-likeness (QED) is 0.350. The van der Waals surface area contributed by atoms with E-state index in [-0.39, 0.29) is 12.2 Å². The number of benzene rings is 1. The molecular weight excluding hydrogens is 437 g/mol. The number of carbonyl (C=O) groups is 1. The standard InChI is InChI=1S/C18H20INO3S/c1-22-18(23-2)16-7-6-15(24-16)12-4-5-14-13(10-12)11-20(17(14)21)9-3-8-19/h4-7,10,18H,3,8-9,11H2,1-2H3. The summed E-state index contributed by atoms with van der Waals surface area (Å²) in [4.78, 5) is 16.6. The number of hydrogen-bond donors (Lipinski definition) is 0. The zero-order chi connectivity index (χ0) is 17.1. The van der Waals surface area contributed by atoms with Crippen LogP contribution >= 0.6 is 33.9 Å². The number of nitrogens with zero attached hydrogens (tertiary/aromatic N) is 1. The molecule has 1 aromatic carbocycles. The van der Waals surface area contributed by atoms with Crippen LogP contribution in [0.15, 0.2) is 30.3 Å². The molecule has 1 aliphatic heterocycles. The minimum absolute atomic E-state index is 0.159. The monoisotopic (exact) mass is 457 g/mol. The first-order valence-corrected chi connectivity index (χ1v) is 10.2. The molecule has 0 bridgehead atoms. The summed E-state index contributed by atoms with van der Waals surface area (Å²) in [7, 11) is 3.28. The molecule has 1 aromatic heterocycles. The second-order valence-corrected chi connectivity index (χ2v) is 7.84. The predicted molar refractivity (Wildman–Crippen MR) is 105 cm³/mol. The van der Waals surface area contributed by atoms with Crippen molar-refractivity contribution in [2.45, 2.75) is 19.3 Å². The highest BCUT2D eigenvalue weighted by molar-refractivity contribution is 14.1. The number of carbonyl (C=O) groups excluding carboxylic acids is 1. The van der Waals surface area contributed by atoms with Crippen LogP contribution in [0.25, 0.3) is 10.4 Å². The summed E-state index contributed by atoms with van der Waals surface area (Å²) in [5.41, 5.74) is 3.10. The minimum atomic E-state index is -0.330. The van der Waals surface area contributed by atoms with Crippen LogP contribution in [0.2, 0.25) is 0 Å². The highest BCUT2D eigenvalue weighted by Crippen LogP contribution is 2.35. The largest absolute Gasteiger partial charge is 0.351 e. The molecule has 0 N–H and O–H groups in total. The summed E-state index contributed by atoms with van der Waals surface area (Å²) >= 11 is 4.01. The first kappa shape index (κ1) is 17.8. The smallest absolute Gasteiger partial charge is 0.254 e. The summed E-state index contributed by atoms with van der Waals surface area (Å²) in [6.07, 6.45) is 0.708. The van der Waals surface area contributed by atoms with Crippen molar-refractivity contribution in [1.82, 2.24) is 4.90 Å². The first-order valence-electron chi connectivity index (χ1n) is 7.81. The van der Waals surface area contributed by atoms with Gasteiger partial charge in [-0.3, -0.25) is 4.79 Å². The third-order valence-electron chi connectivity index (χ3n) is 4.12. The molecule has 3 rings (SSSR count). The van der Waals surface area contributed by atoms with Crippen LogP contribution in [0.5, 0.6) is 0 Å². The molecular formula is C18H20INO3S. The van der Waals surface area contributed by atoms with Crippen molar-refractivity contribution in [2.24, 2.45) is 0 Å². The summed E-state index contributed by atoms with van der Waals surface area (Å²) < 4.78 is 11.7.